The first-order valence-corrected chi connectivity index (χ1v) is 13.4. The van der Waals surface area contributed by atoms with Crippen molar-refractivity contribution in [1.29, 1.82) is 0 Å². The van der Waals surface area contributed by atoms with Gasteiger partial charge in [0.05, 0.1) is 37.2 Å². The number of aliphatic imine (C=N–C) groups is 3. The van der Waals surface area contributed by atoms with Gasteiger partial charge >= 0.3 is 0 Å². The van der Waals surface area contributed by atoms with E-state index in [9.17, 15) is 4.91 Å². The second kappa shape index (κ2) is 17.0. The third-order valence-corrected chi connectivity index (χ3v) is 6.09. The molecule has 2 heterocycles. The second-order valence-electron chi connectivity index (χ2n) is 8.72. The molecule has 0 aromatic carbocycles. The summed E-state index contributed by atoms with van der Waals surface area (Å²) in [6.07, 6.45) is 4.55. The number of amidine groups is 1. The number of hydrogen-bond donors (Lipinski definition) is 0. The molecule has 0 aromatic rings. The number of allylic oxidation sites excluding steroid dienone is 1. The standard InChI is InChI=1S/C25H42N6O3.C2H6/c1-8-11-21(15-28-32)31-17-18(4)14-26-24(19(5)29-20(31)6)22-16-27-25(34-23(22)9-2)30(10-3)12-13-33-7;1-2/h17,20-21H,8-16H2,1-7H3;1-2H3/b18-17-,26-24?,29-19-;. The number of likely N-dealkylation sites (N-methyl/N-ethyl adjacent to an activating group) is 1. The van der Waals surface area contributed by atoms with Crippen LogP contribution >= 0.6 is 0 Å². The Kier molecular flexibility index (Phi) is 14.9. The first kappa shape index (κ1) is 31.5. The van der Waals surface area contributed by atoms with Gasteiger partial charge in [0.25, 0.3) is 6.02 Å². The zero-order chi connectivity index (χ0) is 27.1. The summed E-state index contributed by atoms with van der Waals surface area (Å²) in [5.74, 6) is 0.883. The lowest BCUT2D eigenvalue weighted by Crippen LogP contribution is -2.40. The van der Waals surface area contributed by atoms with Crippen LogP contribution in [-0.2, 0) is 9.47 Å². The Morgan fingerprint density at radius 2 is 1.94 bits per heavy atom. The van der Waals surface area contributed by atoms with E-state index in [4.69, 9.17) is 24.5 Å². The van der Waals surface area contributed by atoms with Crippen LogP contribution in [0.1, 0.15) is 74.7 Å². The highest BCUT2D eigenvalue weighted by Gasteiger charge is 2.27. The van der Waals surface area contributed by atoms with E-state index in [1.54, 1.807) is 7.11 Å². The number of nitroso groups, excluding NO2 is 1. The molecule has 0 saturated carbocycles. The Hall–Kier alpha value is -2.55. The van der Waals surface area contributed by atoms with E-state index < -0.39 is 0 Å². The van der Waals surface area contributed by atoms with Crippen LogP contribution in [0.4, 0.5) is 0 Å². The Morgan fingerprint density at radius 3 is 2.53 bits per heavy atom. The zero-order valence-corrected chi connectivity index (χ0v) is 24.0. The molecule has 2 unspecified atom stereocenters. The summed E-state index contributed by atoms with van der Waals surface area (Å²) in [4.78, 5) is 30.0. The minimum absolute atomic E-state index is 0.0215. The largest absolute Gasteiger partial charge is 0.430 e. The highest BCUT2D eigenvalue weighted by molar-refractivity contribution is 6.48. The maximum Gasteiger partial charge on any atom is 0.292 e. The molecule has 2 rings (SSSR count). The molecule has 0 aliphatic carbocycles. The van der Waals surface area contributed by atoms with Crippen molar-refractivity contribution in [3.05, 3.63) is 28.0 Å². The maximum atomic E-state index is 11.1. The van der Waals surface area contributed by atoms with Gasteiger partial charge in [-0.1, -0.05) is 39.3 Å². The van der Waals surface area contributed by atoms with Crippen LogP contribution in [0.3, 0.4) is 0 Å². The molecule has 0 aromatic heterocycles. The van der Waals surface area contributed by atoms with Crippen molar-refractivity contribution in [2.45, 2.75) is 86.9 Å². The summed E-state index contributed by atoms with van der Waals surface area (Å²) >= 11 is 0. The summed E-state index contributed by atoms with van der Waals surface area (Å²) in [6, 6.07) is 0.658. The van der Waals surface area contributed by atoms with Crippen molar-refractivity contribution < 1.29 is 9.47 Å². The smallest absolute Gasteiger partial charge is 0.292 e. The van der Waals surface area contributed by atoms with Crippen molar-refractivity contribution in [3.63, 3.8) is 0 Å². The lowest BCUT2D eigenvalue weighted by Gasteiger charge is -2.33. The van der Waals surface area contributed by atoms with E-state index in [0.29, 0.717) is 25.7 Å². The molecular formula is C27H48N6O3. The molecule has 0 fully saturated rings. The second-order valence-corrected chi connectivity index (χ2v) is 8.72. The van der Waals surface area contributed by atoms with Gasteiger partial charge in [-0.15, -0.1) is 0 Å². The number of nitrogens with zero attached hydrogens (tertiary/aromatic N) is 6. The molecule has 9 nitrogen and oxygen atoms in total. The van der Waals surface area contributed by atoms with Gasteiger partial charge in [-0.3, -0.25) is 9.98 Å². The Balaban J connectivity index is 0.00000316. The molecule has 0 N–H and O–H groups in total. The van der Waals surface area contributed by atoms with Gasteiger partial charge in [-0.2, -0.15) is 4.91 Å². The molecule has 2 atom stereocenters. The van der Waals surface area contributed by atoms with E-state index in [2.05, 4.69) is 55.8 Å². The van der Waals surface area contributed by atoms with Crippen molar-refractivity contribution in [1.82, 2.24) is 9.80 Å². The topological polar surface area (TPSA) is 91.5 Å². The fraction of sp³-hybridized carbons (Fsp3) is 0.741. The van der Waals surface area contributed by atoms with Gasteiger partial charge in [0.15, 0.2) is 0 Å². The minimum atomic E-state index is -0.143. The first-order valence-electron chi connectivity index (χ1n) is 13.4. The monoisotopic (exact) mass is 504 g/mol. The van der Waals surface area contributed by atoms with Crippen LogP contribution in [0.5, 0.6) is 0 Å². The number of ether oxygens (including phenoxy) is 2. The maximum absolute atomic E-state index is 11.1. The number of methoxy groups -OCH3 is 1. The molecule has 204 valence electrons. The van der Waals surface area contributed by atoms with Crippen molar-refractivity contribution in [2.24, 2.45) is 20.2 Å². The van der Waals surface area contributed by atoms with E-state index in [1.165, 1.54) is 0 Å². The lowest BCUT2D eigenvalue weighted by molar-refractivity contribution is 0.165. The average Bonchev–Trinajstić information content (AvgIpc) is 2.93. The number of rotatable bonds is 11. The van der Waals surface area contributed by atoms with Crippen molar-refractivity contribution in [2.75, 3.05) is 46.4 Å². The number of hydrogen-bond acceptors (Lipinski definition) is 9. The lowest BCUT2D eigenvalue weighted by atomic mass is 10.0. The normalized spacial score (nSPS) is 22.1. The summed E-state index contributed by atoms with van der Waals surface area (Å²) in [5.41, 5.74) is 3.80. The highest BCUT2D eigenvalue weighted by atomic mass is 16.5. The Morgan fingerprint density at radius 1 is 1.22 bits per heavy atom. The van der Waals surface area contributed by atoms with Crippen LogP contribution in [0.2, 0.25) is 0 Å². The molecule has 9 heteroatoms. The predicted octanol–water partition coefficient (Wildman–Crippen LogP) is 5.43. The zero-order valence-electron chi connectivity index (χ0n) is 24.0. The molecular weight excluding hydrogens is 456 g/mol. The summed E-state index contributed by atoms with van der Waals surface area (Å²) < 4.78 is 11.5. The molecule has 36 heavy (non-hydrogen) atoms. The van der Waals surface area contributed by atoms with Gasteiger partial charge in [-0.25, -0.2) is 4.99 Å². The molecule has 2 aliphatic heterocycles. The molecule has 0 saturated heterocycles. The van der Waals surface area contributed by atoms with E-state index in [0.717, 1.165) is 60.7 Å². The van der Waals surface area contributed by atoms with Gasteiger partial charge in [-0.05, 0) is 39.7 Å². The first-order chi connectivity index (χ1) is 17.4. The quantitative estimate of drug-likeness (QED) is 0.350. The average molecular weight is 505 g/mol. The predicted molar refractivity (Wildman–Crippen MR) is 151 cm³/mol. The van der Waals surface area contributed by atoms with Crippen molar-refractivity contribution >= 4 is 17.4 Å². The Labute approximate surface area is 218 Å². The van der Waals surface area contributed by atoms with E-state index in [-0.39, 0.29) is 18.8 Å². The van der Waals surface area contributed by atoms with Gasteiger partial charge in [0.2, 0.25) is 0 Å². The molecule has 0 radical (unpaired) electrons. The van der Waals surface area contributed by atoms with Crippen molar-refractivity contribution in [3.8, 4) is 0 Å². The highest BCUT2D eigenvalue weighted by Crippen LogP contribution is 2.23. The Bertz CT molecular complexity index is 846. The molecule has 0 amide bonds. The summed E-state index contributed by atoms with van der Waals surface area (Å²) in [7, 11) is 1.70. The van der Waals surface area contributed by atoms with Crippen LogP contribution in [0.15, 0.2) is 43.3 Å². The van der Waals surface area contributed by atoms with Crippen LogP contribution in [0, 0.1) is 4.91 Å². The van der Waals surface area contributed by atoms with Crippen LogP contribution in [-0.4, -0.2) is 85.9 Å². The SMILES string of the molecule is CC.CCCC(CN=O)N1/C=C(/C)CN=C(C2=C(CC)OC(N(CC)CCOC)=NC2)/C(C)=N\C1C. The van der Waals surface area contributed by atoms with E-state index in [1.807, 2.05) is 20.8 Å². The fourth-order valence-corrected chi connectivity index (χ4v) is 4.29. The third-order valence-electron chi connectivity index (χ3n) is 6.09. The minimum Gasteiger partial charge on any atom is -0.430 e. The summed E-state index contributed by atoms with van der Waals surface area (Å²) in [6.45, 7) is 19.8. The molecule has 2 aliphatic rings. The van der Waals surface area contributed by atoms with Gasteiger partial charge in [0, 0.05) is 38.4 Å². The van der Waals surface area contributed by atoms with Crippen LogP contribution < -0.4 is 0 Å². The molecule has 0 bridgehead atoms. The fourth-order valence-electron chi connectivity index (χ4n) is 4.29. The van der Waals surface area contributed by atoms with Gasteiger partial charge < -0.3 is 19.3 Å². The summed E-state index contributed by atoms with van der Waals surface area (Å²) in [5, 5.41) is 3.19. The third kappa shape index (κ3) is 8.84. The van der Waals surface area contributed by atoms with Gasteiger partial charge in [0.1, 0.15) is 18.5 Å². The van der Waals surface area contributed by atoms with Crippen LogP contribution in [0.25, 0.3) is 0 Å². The molecule has 0 spiro atoms. The van der Waals surface area contributed by atoms with E-state index >= 15 is 0 Å².